The molecule has 5 fully saturated rings. The number of hydrogen-bond donors (Lipinski definition) is 1. The minimum Gasteiger partial charge on any atom is -0.492 e. The molecule has 4 bridgehead atoms. The van der Waals surface area contributed by atoms with E-state index in [2.05, 4.69) is 16.3 Å². The molecule has 0 unspecified atom stereocenters. The van der Waals surface area contributed by atoms with Gasteiger partial charge in [0.25, 0.3) is 0 Å². The summed E-state index contributed by atoms with van der Waals surface area (Å²) in [6, 6.07) is 8.11. The van der Waals surface area contributed by atoms with Crippen molar-refractivity contribution in [2.24, 2.45) is 23.2 Å². The summed E-state index contributed by atoms with van der Waals surface area (Å²) in [5.41, 5.74) is 0.974. The van der Waals surface area contributed by atoms with E-state index in [0.717, 1.165) is 61.5 Å². The van der Waals surface area contributed by atoms with Crippen molar-refractivity contribution in [1.82, 2.24) is 10.2 Å². The molecule has 1 aromatic rings. The van der Waals surface area contributed by atoms with Crippen molar-refractivity contribution < 1.29 is 14.3 Å². The summed E-state index contributed by atoms with van der Waals surface area (Å²) in [4.78, 5) is 30.1. The van der Waals surface area contributed by atoms with Gasteiger partial charge in [-0.15, -0.1) is 0 Å². The number of benzene rings is 1. The van der Waals surface area contributed by atoms with E-state index in [1.165, 1.54) is 19.3 Å². The van der Waals surface area contributed by atoms with Gasteiger partial charge in [0.15, 0.2) is 0 Å². The molecule has 0 aromatic heterocycles. The van der Waals surface area contributed by atoms with Crippen LogP contribution in [0.1, 0.15) is 51.9 Å². The summed E-state index contributed by atoms with van der Waals surface area (Å²) in [5, 5.41) is 3.15. The zero-order chi connectivity index (χ0) is 22.1. The second-order valence-corrected chi connectivity index (χ2v) is 10.5. The van der Waals surface area contributed by atoms with E-state index < -0.39 is 0 Å². The molecule has 1 saturated heterocycles. The van der Waals surface area contributed by atoms with E-state index in [-0.39, 0.29) is 17.2 Å². The van der Waals surface area contributed by atoms with E-state index in [1.54, 1.807) is 0 Å². The average molecular weight is 440 g/mol. The molecule has 1 aromatic carbocycles. The first kappa shape index (κ1) is 21.6. The van der Waals surface area contributed by atoms with Crippen molar-refractivity contribution in [1.29, 1.82) is 0 Å². The lowest BCUT2D eigenvalue weighted by atomic mass is 9.49. The van der Waals surface area contributed by atoms with E-state index >= 15 is 0 Å². The van der Waals surface area contributed by atoms with Gasteiger partial charge in [-0.05, 0) is 75.3 Å². The van der Waals surface area contributed by atoms with Crippen molar-refractivity contribution in [3.8, 4) is 5.75 Å². The van der Waals surface area contributed by atoms with E-state index in [1.807, 2.05) is 30.0 Å². The van der Waals surface area contributed by atoms with Gasteiger partial charge in [-0.3, -0.25) is 9.59 Å². The average Bonchev–Trinajstić information content (AvgIpc) is 2.79. The fourth-order valence-electron chi connectivity index (χ4n) is 7.21. The normalized spacial score (nSPS) is 31.0. The molecule has 4 saturated carbocycles. The Labute approximate surface area is 191 Å². The first-order chi connectivity index (χ1) is 15.6. The highest BCUT2D eigenvalue weighted by molar-refractivity contribution is 5.84. The molecule has 174 valence electrons. The van der Waals surface area contributed by atoms with Gasteiger partial charge in [-0.1, -0.05) is 12.1 Å². The number of rotatable bonds is 7. The van der Waals surface area contributed by atoms with Crippen LogP contribution < -0.4 is 15.0 Å². The fraction of sp³-hybridized carbons (Fsp3) is 0.692. The Morgan fingerprint density at radius 3 is 2.25 bits per heavy atom. The van der Waals surface area contributed by atoms with Crippen molar-refractivity contribution in [3.05, 3.63) is 24.3 Å². The van der Waals surface area contributed by atoms with Crippen LogP contribution in [0, 0.1) is 23.2 Å². The Morgan fingerprint density at radius 2 is 1.62 bits per heavy atom. The maximum absolute atomic E-state index is 13.1. The van der Waals surface area contributed by atoms with E-state index in [0.29, 0.717) is 32.7 Å². The lowest BCUT2D eigenvalue weighted by Crippen LogP contribution is -2.54. The number of hydrogen-bond acceptors (Lipinski definition) is 4. The molecule has 6 heteroatoms. The number of anilines is 1. The van der Waals surface area contributed by atoms with Crippen LogP contribution in [0.15, 0.2) is 24.3 Å². The van der Waals surface area contributed by atoms with Crippen molar-refractivity contribution in [2.45, 2.75) is 51.9 Å². The van der Waals surface area contributed by atoms with Gasteiger partial charge in [-0.2, -0.15) is 0 Å². The van der Waals surface area contributed by atoms with Gasteiger partial charge >= 0.3 is 0 Å². The topological polar surface area (TPSA) is 61.9 Å². The predicted molar refractivity (Wildman–Crippen MR) is 125 cm³/mol. The monoisotopic (exact) mass is 439 g/mol. The van der Waals surface area contributed by atoms with Crippen LogP contribution in [0.3, 0.4) is 0 Å². The van der Waals surface area contributed by atoms with Gasteiger partial charge in [-0.25, -0.2) is 0 Å². The Bertz CT molecular complexity index is 811. The molecule has 0 atom stereocenters. The molecule has 4 aliphatic carbocycles. The van der Waals surface area contributed by atoms with Crippen molar-refractivity contribution in [2.75, 3.05) is 44.2 Å². The molecular formula is C26H37N3O3. The van der Waals surface area contributed by atoms with Crippen LogP contribution in [-0.2, 0) is 9.59 Å². The van der Waals surface area contributed by atoms with Crippen LogP contribution in [0.5, 0.6) is 5.75 Å². The molecule has 1 aliphatic heterocycles. The lowest BCUT2D eigenvalue weighted by Gasteiger charge is -2.55. The third-order valence-electron chi connectivity index (χ3n) is 8.28. The highest BCUT2D eigenvalue weighted by atomic mass is 16.5. The second kappa shape index (κ2) is 8.95. The minimum atomic E-state index is -0.128. The van der Waals surface area contributed by atoms with Gasteiger partial charge < -0.3 is 19.9 Å². The van der Waals surface area contributed by atoms with Gasteiger partial charge in [0, 0.05) is 44.6 Å². The number of carbonyl (C=O) groups excluding carboxylic acids is 2. The molecule has 0 radical (unpaired) electrons. The zero-order valence-electron chi connectivity index (χ0n) is 19.4. The van der Waals surface area contributed by atoms with E-state index in [9.17, 15) is 9.59 Å². The first-order valence-corrected chi connectivity index (χ1v) is 12.6. The maximum Gasteiger partial charge on any atom is 0.226 e. The van der Waals surface area contributed by atoms with Crippen LogP contribution in [0.25, 0.3) is 0 Å². The molecule has 1 N–H and O–H groups in total. The van der Waals surface area contributed by atoms with Gasteiger partial charge in [0.1, 0.15) is 5.75 Å². The lowest BCUT2D eigenvalue weighted by molar-refractivity contribution is -0.146. The van der Waals surface area contributed by atoms with Gasteiger partial charge in [0.2, 0.25) is 11.8 Å². The highest BCUT2D eigenvalue weighted by Crippen LogP contribution is 2.60. The molecule has 0 spiro atoms. The molecule has 6 nitrogen and oxygen atoms in total. The SMILES string of the molecule is CCOc1ccccc1N1CCN(C(=O)CCNC(=O)C23CC4CC(CC(C4)C2)C3)CC1. The minimum absolute atomic E-state index is 0.128. The van der Waals surface area contributed by atoms with Crippen LogP contribution in [-0.4, -0.2) is 56.0 Å². The zero-order valence-corrected chi connectivity index (χ0v) is 19.4. The smallest absolute Gasteiger partial charge is 0.226 e. The third kappa shape index (κ3) is 4.20. The van der Waals surface area contributed by atoms with Crippen molar-refractivity contribution >= 4 is 17.5 Å². The van der Waals surface area contributed by atoms with Crippen LogP contribution >= 0.6 is 0 Å². The van der Waals surface area contributed by atoms with Crippen LogP contribution in [0.2, 0.25) is 0 Å². The first-order valence-electron chi connectivity index (χ1n) is 12.6. The summed E-state index contributed by atoms with van der Waals surface area (Å²) in [6.45, 7) is 6.13. The molecule has 5 aliphatic rings. The van der Waals surface area contributed by atoms with Gasteiger partial charge in [0.05, 0.1) is 12.3 Å². The summed E-state index contributed by atoms with van der Waals surface area (Å²) in [5.74, 6) is 3.56. The summed E-state index contributed by atoms with van der Waals surface area (Å²) < 4.78 is 5.77. The van der Waals surface area contributed by atoms with Crippen molar-refractivity contribution in [3.63, 3.8) is 0 Å². The third-order valence-corrected chi connectivity index (χ3v) is 8.28. The maximum atomic E-state index is 13.1. The predicted octanol–water partition coefficient (Wildman–Crippen LogP) is 3.46. The molecule has 6 rings (SSSR count). The summed E-state index contributed by atoms with van der Waals surface area (Å²) in [6.07, 6.45) is 7.63. The molecule has 1 heterocycles. The standard InChI is InChI=1S/C26H37N3O3/c1-2-32-23-6-4-3-5-22(23)28-9-11-29(12-10-28)24(30)7-8-27-25(31)26-16-19-13-20(17-26)15-21(14-19)18-26/h3-6,19-21H,2,7-18H2,1H3,(H,27,31). The summed E-state index contributed by atoms with van der Waals surface area (Å²) in [7, 11) is 0. The number of carbonyl (C=O) groups is 2. The number of amides is 2. The molecule has 32 heavy (non-hydrogen) atoms. The number of piperazine rings is 1. The quantitative estimate of drug-likeness (QED) is 0.707. The molecule has 2 amide bonds. The largest absolute Gasteiger partial charge is 0.492 e. The number of nitrogens with zero attached hydrogens (tertiary/aromatic N) is 2. The number of ether oxygens (including phenoxy) is 1. The second-order valence-electron chi connectivity index (χ2n) is 10.5. The summed E-state index contributed by atoms with van der Waals surface area (Å²) >= 11 is 0. The Morgan fingerprint density at radius 1 is 1.00 bits per heavy atom. The fourth-order valence-corrected chi connectivity index (χ4v) is 7.21. The number of para-hydroxylation sites is 2. The number of nitrogens with one attached hydrogen (secondary N) is 1. The Kier molecular flexibility index (Phi) is 6.04. The Balaban J connectivity index is 1.08. The Hall–Kier alpha value is -2.24. The molecular weight excluding hydrogens is 402 g/mol. The highest BCUT2D eigenvalue weighted by Gasteiger charge is 2.54. The van der Waals surface area contributed by atoms with E-state index in [4.69, 9.17) is 4.74 Å². The van der Waals surface area contributed by atoms with Crippen LogP contribution in [0.4, 0.5) is 5.69 Å².